The molecule has 1 aliphatic heterocycles. The molecule has 0 atom stereocenters. The molecule has 0 bridgehead atoms. The summed E-state index contributed by atoms with van der Waals surface area (Å²) in [6, 6.07) is 0. The molecule has 1 saturated heterocycles. The number of piperidine rings is 1. The third-order valence-corrected chi connectivity index (χ3v) is 4.40. The second kappa shape index (κ2) is 5.64. The number of carbonyl (C=O) groups excluding carboxylic acids is 1. The molecule has 0 unspecified atom stereocenters. The van der Waals surface area contributed by atoms with Crippen molar-refractivity contribution < 1.29 is 9.72 Å². The van der Waals surface area contributed by atoms with Crippen LogP contribution in [0.2, 0.25) is 0 Å². The molecule has 6 nitrogen and oxygen atoms in total. The number of halogens is 1. The Morgan fingerprint density at radius 3 is 2.68 bits per heavy atom. The van der Waals surface area contributed by atoms with Crippen molar-refractivity contribution in [1.82, 2.24) is 4.98 Å². The van der Waals surface area contributed by atoms with Gasteiger partial charge in [0, 0.05) is 24.6 Å². The van der Waals surface area contributed by atoms with Crippen molar-refractivity contribution in [2.75, 3.05) is 18.0 Å². The van der Waals surface area contributed by atoms with Crippen LogP contribution in [0.1, 0.15) is 18.4 Å². The molecule has 1 fully saturated rings. The molecular formula is C12H14BrN3O3. The molecule has 0 aliphatic carbocycles. The number of hydrogen-bond donors (Lipinski definition) is 0. The maximum absolute atomic E-state index is 10.8. The van der Waals surface area contributed by atoms with E-state index in [1.165, 1.54) is 6.20 Å². The first-order chi connectivity index (χ1) is 9.04. The van der Waals surface area contributed by atoms with Gasteiger partial charge >= 0.3 is 0 Å². The topological polar surface area (TPSA) is 76.3 Å². The minimum absolute atomic E-state index is 0.0124. The van der Waals surface area contributed by atoms with Crippen LogP contribution in [0.25, 0.3) is 0 Å². The second-order valence-electron chi connectivity index (χ2n) is 4.62. The van der Waals surface area contributed by atoms with Gasteiger partial charge in [-0.05, 0) is 35.7 Å². The van der Waals surface area contributed by atoms with Gasteiger partial charge in [0.15, 0.2) is 0 Å². The Labute approximate surface area is 119 Å². The molecule has 1 aliphatic rings. The molecule has 1 aromatic heterocycles. The van der Waals surface area contributed by atoms with Crippen LogP contribution < -0.4 is 4.90 Å². The minimum atomic E-state index is -0.435. The molecule has 102 valence electrons. The van der Waals surface area contributed by atoms with Gasteiger partial charge in [-0.1, -0.05) is 0 Å². The van der Waals surface area contributed by atoms with E-state index in [2.05, 4.69) is 25.8 Å². The summed E-state index contributed by atoms with van der Waals surface area (Å²) in [5.41, 5.74) is 0.589. The second-order valence-corrected chi connectivity index (χ2v) is 5.42. The highest BCUT2D eigenvalue weighted by Crippen LogP contribution is 2.34. The summed E-state index contributed by atoms with van der Waals surface area (Å²) >= 11 is 3.39. The predicted molar refractivity (Wildman–Crippen MR) is 74.3 cm³/mol. The van der Waals surface area contributed by atoms with Gasteiger partial charge in [-0.2, -0.15) is 0 Å². The van der Waals surface area contributed by atoms with Crippen molar-refractivity contribution in [1.29, 1.82) is 0 Å². The quantitative estimate of drug-likeness (QED) is 0.484. The first kappa shape index (κ1) is 13.9. The number of rotatable bonds is 3. The van der Waals surface area contributed by atoms with E-state index < -0.39 is 4.92 Å². The number of nitro groups is 1. The first-order valence-corrected chi connectivity index (χ1v) is 6.83. The fraction of sp³-hybridized carbons (Fsp3) is 0.500. The van der Waals surface area contributed by atoms with Crippen LogP contribution in [-0.4, -0.2) is 29.3 Å². The zero-order valence-corrected chi connectivity index (χ0v) is 12.1. The molecule has 2 heterocycles. The summed E-state index contributed by atoms with van der Waals surface area (Å²) in [6.07, 6.45) is 3.89. The number of nitrogens with zero attached hydrogens (tertiary/aromatic N) is 3. The smallest absolute Gasteiger partial charge is 0.291 e. The highest BCUT2D eigenvalue weighted by molar-refractivity contribution is 9.10. The van der Waals surface area contributed by atoms with E-state index in [0.29, 0.717) is 15.9 Å². The van der Waals surface area contributed by atoms with Crippen LogP contribution in [0.15, 0.2) is 10.7 Å². The van der Waals surface area contributed by atoms with E-state index in [9.17, 15) is 14.9 Å². The van der Waals surface area contributed by atoms with Crippen LogP contribution in [0.4, 0.5) is 11.5 Å². The summed E-state index contributed by atoms with van der Waals surface area (Å²) in [5.74, 6) is 0.835. The van der Waals surface area contributed by atoms with Crippen LogP contribution in [0, 0.1) is 23.0 Å². The van der Waals surface area contributed by atoms with Crippen molar-refractivity contribution in [2.45, 2.75) is 19.8 Å². The molecule has 0 N–H and O–H groups in total. The maximum Gasteiger partial charge on any atom is 0.291 e. The maximum atomic E-state index is 10.8. The lowest BCUT2D eigenvalue weighted by atomic mass is 9.98. The molecule has 7 heteroatoms. The van der Waals surface area contributed by atoms with Gasteiger partial charge in [0.25, 0.3) is 5.69 Å². The molecule has 0 radical (unpaired) electrons. The van der Waals surface area contributed by atoms with Crippen molar-refractivity contribution in [3.8, 4) is 0 Å². The summed E-state index contributed by atoms with van der Waals surface area (Å²) in [4.78, 5) is 27.4. The highest BCUT2D eigenvalue weighted by atomic mass is 79.9. The number of anilines is 1. The fourth-order valence-corrected chi connectivity index (χ4v) is 2.76. The number of pyridine rings is 1. The van der Waals surface area contributed by atoms with Gasteiger partial charge in [-0.25, -0.2) is 4.98 Å². The zero-order valence-electron chi connectivity index (χ0n) is 10.5. The Balaban J connectivity index is 2.25. The van der Waals surface area contributed by atoms with Gasteiger partial charge in [0.05, 0.1) is 9.40 Å². The number of hydrogen-bond acceptors (Lipinski definition) is 5. The largest absolute Gasteiger partial charge is 0.356 e. The Bertz CT molecular complexity index is 513. The molecule has 1 aromatic rings. The van der Waals surface area contributed by atoms with Crippen LogP contribution >= 0.6 is 15.9 Å². The van der Waals surface area contributed by atoms with Gasteiger partial charge in [0.1, 0.15) is 18.3 Å². The summed E-state index contributed by atoms with van der Waals surface area (Å²) < 4.78 is 0.659. The Morgan fingerprint density at radius 1 is 1.53 bits per heavy atom. The van der Waals surface area contributed by atoms with Gasteiger partial charge in [-0.15, -0.1) is 0 Å². The van der Waals surface area contributed by atoms with E-state index in [0.717, 1.165) is 32.2 Å². The number of aldehydes is 1. The molecule has 0 amide bonds. The lowest BCUT2D eigenvalue weighted by molar-refractivity contribution is -0.385. The molecule has 0 spiro atoms. The van der Waals surface area contributed by atoms with Crippen molar-refractivity contribution in [3.63, 3.8) is 0 Å². The molecule has 19 heavy (non-hydrogen) atoms. The third-order valence-electron chi connectivity index (χ3n) is 3.45. The highest BCUT2D eigenvalue weighted by Gasteiger charge is 2.24. The predicted octanol–water partition coefficient (Wildman–Crippen LogP) is 2.48. The SMILES string of the molecule is Cc1c([N+](=O)[O-])cnc(N2CCC(C=O)CC2)c1Br. The van der Waals surface area contributed by atoms with Crippen LogP contribution in [0.3, 0.4) is 0 Å². The lowest BCUT2D eigenvalue weighted by Gasteiger charge is -2.31. The van der Waals surface area contributed by atoms with Crippen molar-refractivity contribution in [3.05, 3.63) is 26.3 Å². The van der Waals surface area contributed by atoms with E-state index in [4.69, 9.17) is 0 Å². The monoisotopic (exact) mass is 327 g/mol. The summed E-state index contributed by atoms with van der Waals surface area (Å²) in [6.45, 7) is 3.18. The Hall–Kier alpha value is -1.50. The van der Waals surface area contributed by atoms with Gasteiger partial charge in [0.2, 0.25) is 0 Å². The molecule has 0 saturated carbocycles. The Kier molecular flexibility index (Phi) is 4.14. The summed E-state index contributed by atoms with van der Waals surface area (Å²) in [7, 11) is 0. The number of aromatic nitrogens is 1. The van der Waals surface area contributed by atoms with Crippen LogP contribution in [0.5, 0.6) is 0 Å². The van der Waals surface area contributed by atoms with Gasteiger partial charge in [-0.3, -0.25) is 10.1 Å². The first-order valence-electron chi connectivity index (χ1n) is 6.04. The van der Waals surface area contributed by atoms with E-state index >= 15 is 0 Å². The van der Waals surface area contributed by atoms with Crippen molar-refractivity contribution >= 4 is 33.7 Å². The fourth-order valence-electron chi connectivity index (χ4n) is 2.21. The van der Waals surface area contributed by atoms with Gasteiger partial charge < -0.3 is 9.69 Å². The van der Waals surface area contributed by atoms with Crippen molar-refractivity contribution in [2.24, 2.45) is 5.92 Å². The molecular weight excluding hydrogens is 314 g/mol. The van der Waals surface area contributed by atoms with Crippen LogP contribution in [-0.2, 0) is 4.79 Å². The normalized spacial score (nSPS) is 16.4. The standard InChI is InChI=1S/C12H14BrN3O3/c1-8-10(16(18)19)6-14-12(11(8)13)15-4-2-9(7-17)3-5-15/h6-7,9H,2-5H2,1H3. The molecule has 0 aromatic carbocycles. The third kappa shape index (κ3) is 2.75. The average Bonchev–Trinajstić information content (AvgIpc) is 2.41. The minimum Gasteiger partial charge on any atom is -0.356 e. The van der Waals surface area contributed by atoms with E-state index in [1.807, 2.05) is 0 Å². The Morgan fingerprint density at radius 2 is 2.16 bits per heavy atom. The average molecular weight is 328 g/mol. The van der Waals surface area contributed by atoms with E-state index in [1.54, 1.807) is 6.92 Å². The lowest BCUT2D eigenvalue weighted by Crippen LogP contribution is -2.35. The van der Waals surface area contributed by atoms with E-state index in [-0.39, 0.29) is 11.6 Å². The summed E-state index contributed by atoms with van der Waals surface area (Å²) in [5, 5.41) is 10.8. The zero-order chi connectivity index (χ0) is 14.0. The number of carbonyl (C=O) groups is 1. The molecule has 2 rings (SSSR count).